The quantitative estimate of drug-likeness (QED) is 0.307. The fourth-order valence-electron chi connectivity index (χ4n) is 2.93. The van der Waals surface area contributed by atoms with Crippen molar-refractivity contribution < 1.29 is 10.0 Å². The van der Waals surface area contributed by atoms with Crippen molar-refractivity contribution in [2.75, 3.05) is 6.54 Å². The molecular weight excluding hydrogens is 230 g/mol. The lowest BCUT2D eigenvalue weighted by Gasteiger charge is -2.34. The van der Waals surface area contributed by atoms with Crippen LogP contribution in [0.2, 0.25) is 0 Å². The summed E-state index contributed by atoms with van der Waals surface area (Å²) in [6.45, 7) is 2.91. The topological polar surface area (TPSA) is 87.7 Å². The molecular formula is C13H23N3O2. The van der Waals surface area contributed by atoms with Gasteiger partial charge >= 0.3 is 0 Å². The third-order valence-corrected chi connectivity index (χ3v) is 4.54. The van der Waals surface area contributed by atoms with Crippen LogP contribution in [0, 0.1) is 17.3 Å². The smallest absolute Gasteiger partial charge is 0.233 e. The highest BCUT2D eigenvalue weighted by Crippen LogP contribution is 2.39. The van der Waals surface area contributed by atoms with Gasteiger partial charge in [0.1, 0.15) is 5.41 Å². The second-order valence-electron chi connectivity index (χ2n) is 5.81. The molecule has 0 bridgehead atoms. The summed E-state index contributed by atoms with van der Waals surface area (Å²) in [5, 5.41) is 15.0. The molecule has 5 heteroatoms. The maximum Gasteiger partial charge on any atom is 0.233 e. The van der Waals surface area contributed by atoms with Crippen LogP contribution in [-0.2, 0) is 4.79 Å². The molecule has 0 radical (unpaired) electrons. The minimum absolute atomic E-state index is 0.0587. The molecule has 1 amide bonds. The van der Waals surface area contributed by atoms with E-state index in [4.69, 9.17) is 10.9 Å². The first-order valence-electron chi connectivity index (χ1n) is 6.86. The van der Waals surface area contributed by atoms with Crippen LogP contribution in [0.4, 0.5) is 0 Å². The molecule has 5 nitrogen and oxygen atoms in total. The van der Waals surface area contributed by atoms with Gasteiger partial charge < -0.3 is 16.3 Å². The molecule has 0 aromatic carbocycles. The summed E-state index contributed by atoms with van der Waals surface area (Å²) >= 11 is 0. The number of hydrogen-bond donors (Lipinski definition) is 3. The Morgan fingerprint density at radius 3 is 2.56 bits per heavy atom. The average Bonchev–Trinajstić information content (AvgIpc) is 3.11. The van der Waals surface area contributed by atoms with Gasteiger partial charge in [-0.05, 0) is 31.1 Å². The van der Waals surface area contributed by atoms with E-state index in [1.165, 1.54) is 6.42 Å². The predicted molar refractivity (Wildman–Crippen MR) is 69.2 cm³/mol. The summed E-state index contributed by atoms with van der Waals surface area (Å²) in [4.78, 5) is 12.4. The number of rotatable bonds is 4. The number of amidine groups is 1. The highest BCUT2D eigenvalue weighted by atomic mass is 16.4. The molecule has 0 saturated heterocycles. The fourth-order valence-corrected chi connectivity index (χ4v) is 2.93. The Bertz CT molecular complexity index is 348. The molecule has 0 spiro atoms. The number of oxime groups is 1. The molecule has 2 rings (SSSR count). The van der Waals surface area contributed by atoms with Crippen molar-refractivity contribution in [2.45, 2.75) is 45.4 Å². The normalized spacial score (nSPS) is 30.8. The van der Waals surface area contributed by atoms with Crippen LogP contribution >= 0.6 is 0 Å². The van der Waals surface area contributed by atoms with E-state index >= 15 is 0 Å². The number of hydrogen-bond acceptors (Lipinski definition) is 3. The van der Waals surface area contributed by atoms with Crippen molar-refractivity contribution in [2.24, 2.45) is 28.1 Å². The van der Waals surface area contributed by atoms with Crippen LogP contribution in [-0.4, -0.2) is 23.5 Å². The van der Waals surface area contributed by atoms with Crippen molar-refractivity contribution >= 4 is 11.7 Å². The average molecular weight is 253 g/mol. The van der Waals surface area contributed by atoms with Crippen molar-refractivity contribution in [3.63, 3.8) is 0 Å². The second kappa shape index (κ2) is 5.16. The molecule has 18 heavy (non-hydrogen) atoms. The summed E-state index contributed by atoms with van der Waals surface area (Å²) in [7, 11) is 0. The lowest BCUT2D eigenvalue weighted by atomic mass is 9.72. The van der Waals surface area contributed by atoms with E-state index in [1.807, 2.05) is 0 Å². The van der Waals surface area contributed by atoms with E-state index < -0.39 is 5.41 Å². The number of carbonyl (C=O) groups excluding carboxylic acids is 1. The summed E-state index contributed by atoms with van der Waals surface area (Å²) in [5.41, 5.74) is 5.00. The molecule has 0 aliphatic heterocycles. The lowest BCUT2D eigenvalue weighted by Crippen LogP contribution is -2.51. The lowest BCUT2D eigenvalue weighted by molar-refractivity contribution is -0.129. The summed E-state index contributed by atoms with van der Waals surface area (Å²) in [5.74, 6) is 1.35. The minimum atomic E-state index is -0.773. The van der Waals surface area contributed by atoms with Crippen LogP contribution in [0.25, 0.3) is 0 Å². The van der Waals surface area contributed by atoms with Crippen molar-refractivity contribution in [3.8, 4) is 0 Å². The zero-order chi connectivity index (χ0) is 13.2. The van der Waals surface area contributed by atoms with Gasteiger partial charge in [-0.15, -0.1) is 0 Å². The van der Waals surface area contributed by atoms with E-state index in [2.05, 4.69) is 17.4 Å². The number of nitrogens with zero attached hydrogens (tertiary/aromatic N) is 1. The van der Waals surface area contributed by atoms with Gasteiger partial charge in [-0.3, -0.25) is 4.79 Å². The molecule has 0 heterocycles. The zero-order valence-electron chi connectivity index (χ0n) is 11.0. The van der Waals surface area contributed by atoms with Crippen LogP contribution in [0.3, 0.4) is 0 Å². The minimum Gasteiger partial charge on any atom is -0.409 e. The van der Waals surface area contributed by atoms with Crippen LogP contribution in [0.15, 0.2) is 5.16 Å². The Labute approximate surface area is 108 Å². The highest BCUT2D eigenvalue weighted by molar-refractivity contribution is 6.06. The standard InChI is InChI=1S/C13H23N3O2/c1-9-7-10(9)8-15-12(17)13(11(14)16-18)5-3-2-4-6-13/h9-10,18H,2-8H2,1H3,(H2,14,16)(H,15,17). The molecule has 2 unspecified atom stereocenters. The third kappa shape index (κ3) is 2.44. The molecule has 2 aliphatic rings. The third-order valence-electron chi connectivity index (χ3n) is 4.54. The molecule has 4 N–H and O–H groups in total. The van der Waals surface area contributed by atoms with Crippen LogP contribution in [0.1, 0.15) is 45.4 Å². The number of amides is 1. The Kier molecular flexibility index (Phi) is 3.78. The van der Waals surface area contributed by atoms with Gasteiger partial charge in [0.15, 0.2) is 5.84 Å². The maximum absolute atomic E-state index is 12.4. The van der Waals surface area contributed by atoms with Gasteiger partial charge in [-0.25, -0.2) is 0 Å². The number of nitrogens with two attached hydrogens (primary N) is 1. The first-order valence-corrected chi connectivity index (χ1v) is 6.86. The Balaban J connectivity index is 2.01. The molecule has 102 valence electrons. The monoisotopic (exact) mass is 253 g/mol. The number of nitrogens with one attached hydrogen (secondary N) is 1. The fraction of sp³-hybridized carbons (Fsp3) is 0.846. The van der Waals surface area contributed by atoms with E-state index in [1.54, 1.807) is 0 Å². The first kappa shape index (κ1) is 13.2. The molecule has 2 atom stereocenters. The van der Waals surface area contributed by atoms with Crippen LogP contribution in [0.5, 0.6) is 0 Å². The Morgan fingerprint density at radius 1 is 1.44 bits per heavy atom. The summed E-state index contributed by atoms with van der Waals surface area (Å²) in [6.07, 6.45) is 5.61. The van der Waals surface area contributed by atoms with E-state index in [0.717, 1.165) is 31.7 Å². The Hall–Kier alpha value is -1.26. The molecule has 0 aromatic rings. The summed E-state index contributed by atoms with van der Waals surface area (Å²) in [6, 6.07) is 0. The highest BCUT2D eigenvalue weighted by Gasteiger charge is 2.44. The molecule has 2 saturated carbocycles. The van der Waals surface area contributed by atoms with Gasteiger partial charge in [0.25, 0.3) is 0 Å². The van der Waals surface area contributed by atoms with E-state index in [0.29, 0.717) is 18.8 Å². The molecule has 2 fully saturated rings. The van der Waals surface area contributed by atoms with Gasteiger partial charge in [-0.2, -0.15) is 0 Å². The van der Waals surface area contributed by atoms with Crippen molar-refractivity contribution in [1.29, 1.82) is 0 Å². The number of carbonyl (C=O) groups is 1. The zero-order valence-corrected chi connectivity index (χ0v) is 11.0. The maximum atomic E-state index is 12.4. The largest absolute Gasteiger partial charge is 0.409 e. The van der Waals surface area contributed by atoms with Gasteiger partial charge in [0.2, 0.25) is 5.91 Å². The van der Waals surface area contributed by atoms with Gasteiger partial charge in [-0.1, -0.05) is 31.3 Å². The predicted octanol–water partition coefficient (Wildman–Crippen LogP) is 1.46. The summed E-state index contributed by atoms with van der Waals surface area (Å²) < 4.78 is 0. The van der Waals surface area contributed by atoms with E-state index in [-0.39, 0.29) is 11.7 Å². The Morgan fingerprint density at radius 2 is 2.06 bits per heavy atom. The first-order chi connectivity index (χ1) is 8.60. The van der Waals surface area contributed by atoms with Crippen molar-refractivity contribution in [1.82, 2.24) is 5.32 Å². The van der Waals surface area contributed by atoms with Crippen molar-refractivity contribution in [3.05, 3.63) is 0 Å². The van der Waals surface area contributed by atoms with Gasteiger partial charge in [0.05, 0.1) is 0 Å². The molecule has 2 aliphatic carbocycles. The molecule has 0 aromatic heterocycles. The van der Waals surface area contributed by atoms with Crippen LogP contribution < -0.4 is 11.1 Å². The van der Waals surface area contributed by atoms with Gasteiger partial charge in [0, 0.05) is 6.54 Å². The van der Waals surface area contributed by atoms with E-state index in [9.17, 15) is 4.79 Å². The second-order valence-corrected chi connectivity index (χ2v) is 5.81. The SMILES string of the molecule is CC1CC1CNC(=O)C1(C(N)=NO)CCCCC1.